The second-order valence-electron chi connectivity index (χ2n) is 3.27. The van der Waals surface area contributed by atoms with Crippen molar-refractivity contribution in [3.8, 4) is 0 Å². The van der Waals surface area contributed by atoms with Gasteiger partial charge < -0.3 is 4.90 Å². The van der Waals surface area contributed by atoms with Crippen LogP contribution in [0.15, 0.2) is 24.3 Å². The molecule has 0 bridgehead atoms. The van der Waals surface area contributed by atoms with E-state index in [9.17, 15) is 13.2 Å². The summed E-state index contributed by atoms with van der Waals surface area (Å²) in [4.78, 5) is 2.20. The Kier molecular flexibility index (Phi) is 3.34. The highest BCUT2D eigenvalue weighted by Crippen LogP contribution is 2.29. The summed E-state index contributed by atoms with van der Waals surface area (Å²) in [6, 6.07) is 4.83. The van der Waals surface area contributed by atoms with Gasteiger partial charge in [-0.1, -0.05) is 24.4 Å². The summed E-state index contributed by atoms with van der Waals surface area (Å²) in [5.74, 6) is 0. The maximum Gasteiger partial charge on any atom is 0.416 e. The zero-order valence-electron chi connectivity index (χ0n) is 8.30. The number of hydrogen-bond donors (Lipinski definition) is 0. The van der Waals surface area contributed by atoms with E-state index in [0.717, 1.165) is 12.1 Å². The molecule has 0 saturated carbocycles. The number of thiocarbonyl (C=S) groups is 1. The summed E-state index contributed by atoms with van der Waals surface area (Å²) < 4.78 is 36.7. The van der Waals surface area contributed by atoms with Crippen molar-refractivity contribution in [2.45, 2.75) is 6.18 Å². The van der Waals surface area contributed by atoms with E-state index < -0.39 is 11.7 Å². The largest absolute Gasteiger partial charge is 0.416 e. The van der Waals surface area contributed by atoms with Gasteiger partial charge in [0, 0.05) is 19.7 Å². The lowest BCUT2D eigenvalue weighted by molar-refractivity contribution is -0.137. The van der Waals surface area contributed by atoms with Crippen molar-refractivity contribution in [2.75, 3.05) is 14.1 Å². The highest BCUT2D eigenvalue weighted by Gasteiger charge is 2.30. The van der Waals surface area contributed by atoms with Crippen LogP contribution in [0.5, 0.6) is 0 Å². The third kappa shape index (κ3) is 2.92. The summed E-state index contributed by atoms with van der Waals surface area (Å²) in [5, 5.41) is 0. The van der Waals surface area contributed by atoms with Gasteiger partial charge in [0.25, 0.3) is 0 Å². The van der Waals surface area contributed by atoms with E-state index in [1.807, 2.05) is 0 Å². The van der Waals surface area contributed by atoms with Crippen LogP contribution < -0.4 is 0 Å². The third-order valence-corrected chi connectivity index (χ3v) is 2.47. The minimum atomic E-state index is -4.29. The van der Waals surface area contributed by atoms with Crippen molar-refractivity contribution in [3.63, 3.8) is 0 Å². The Bertz CT molecular complexity index is 354. The molecule has 0 aliphatic heterocycles. The quantitative estimate of drug-likeness (QED) is 0.686. The zero-order chi connectivity index (χ0) is 11.6. The molecule has 0 atom stereocenters. The SMILES string of the molecule is CN(C)C(=S)c1ccc(C(F)(F)F)cc1. The van der Waals surface area contributed by atoms with Crippen LogP contribution >= 0.6 is 12.2 Å². The second kappa shape index (κ2) is 4.18. The van der Waals surface area contributed by atoms with Crippen molar-refractivity contribution >= 4 is 17.2 Å². The Hall–Kier alpha value is -1.10. The zero-order valence-corrected chi connectivity index (χ0v) is 9.12. The van der Waals surface area contributed by atoms with Crippen LogP contribution in [0.25, 0.3) is 0 Å². The molecule has 0 fully saturated rings. The van der Waals surface area contributed by atoms with E-state index in [4.69, 9.17) is 12.2 Å². The summed E-state index contributed by atoms with van der Waals surface area (Å²) in [7, 11) is 3.50. The van der Waals surface area contributed by atoms with Crippen molar-refractivity contribution < 1.29 is 13.2 Å². The van der Waals surface area contributed by atoms with Crippen LogP contribution in [0.2, 0.25) is 0 Å². The Labute approximate surface area is 91.5 Å². The predicted molar refractivity (Wildman–Crippen MR) is 56.8 cm³/mol. The van der Waals surface area contributed by atoms with Gasteiger partial charge in [-0.3, -0.25) is 0 Å². The van der Waals surface area contributed by atoms with Gasteiger partial charge in [-0.15, -0.1) is 0 Å². The lowest BCUT2D eigenvalue weighted by Gasteiger charge is -2.14. The molecule has 0 unspecified atom stereocenters. The predicted octanol–water partition coefficient (Wildman–Crippen LogP) is 2.94. The Balaban J connectivity index is 2.96. The van der Waals surface area contributed by atoms with Crippen LogP contribution in [-0.2, 0) is 6.18 Å². The first-order valence-corrected chi connectivity index (χ1v) is 4.62. The Morgan fingerprint density at radius 2 is 1.60 bits per heavy atom. The first-order chi connectivity index (χ1) is 6.82. The van der Waals surface area contributed by atoms with Crippen LogP contribution in [0.4, 0.5) is 13.2 Å². The van der Waals surface area contributed by atoms with E-state index in [1.165, 1.54) is 12.1 Å². The summed E-state index contributed by atoms with van der Waals surface area (Å²) in [5.41, 5.74) is -0.0455. The average Bonchev–Trinajstić information content (AvgIpc) is 2.15. The van der Waals surface area contributed by atoms with Crippen molar-refractivity contribution in [1.82, 2.24) is 4.90 Å². The fraction of sp³-hybridized carbons (Fsp3) is 0.300. The molecule has 0 spiro atoms. The van der Waals surface area contributed by atoms with E-state index in [0.29, 0.717) is 10.6 Å². The lowest BCUT2D eigenvalue weighted by atomic mass is 10.1. The maximum atomic E-state index is 12.2. The number of hydrogen-bond acceptors (Lipinski definition) is 1. The van der Waals surface area contributed by atoms with Crippen LogP contribution in [0.3, 0.4) is 0 Å². The van der Waals surface area contributed by atoms with Gasteiger partial charge in [0.2, 0.25) is 0 Å². The standard InChI is InChI=1S/C10H10F3NS/c1-14(2)9(15)7-3-5-8(6-4-7)10(11,12)13/h3-6H,1-2H3. The Morgan fingerprint density at radius 1 is 1.13 bits per heavy atom. The monoisotopic (exact) mass is 233 g/mol. The molecule has 0 aromatic heterocycles. The lowest BCUT2D eigenvalue weighted by Crippen LogP contribution is -2.20. The number of benzene rings is 1. The molecular formula is C10H10F3NS. The maximum absolute atomic E-state index is 12.2. The van der Waals surface area contributed by atoms with Gasteiger partial charge >= 0.3 is 6.18 Å². The van der Waals surface area contributed by atoms with Gasteiger partial charge in [0.1, 0.15) is 4.99 Å². The molecule has 1 rings (SSSR count). The van der Waals surface area contributed by atoms with Gasteiger partial charge in [-0.2, -0.15) is 13.2 Å². The Morgan fingerprint density at radius 3 is 1.93 bits per heavy atom. The van der Waals surface area contributed by atoms with Gasteiger partial charge in [-0.25, -0.2) is 0 Å². The topological polar surface area (TPSA) is 3.24 Å². The first kappa shape index (κ1) is 12.0. The molecule has 5 heteroatoms. The molecule has 1 nitrogen and oxygen atoms in total. The highest BCUT2D eigenvalue weighted by molar-refractivity contribution is 7.80. The van der Waals surface area contributed by atoms with Crippen LogP contribution in [0.1, 0.15) is 11.1 Å². The number of halogens is 3. The first-order valence-electron chi connectivity index (χ1n) is 4.21. The van der Waals surface area contributed by atoms with Crippen LogP contribution in [0, 0.1) is 0 Å². The fourth-order valence-electron chi connectivity index (χ4n) is 1.06. The minimum absolute atomic E-state index is 0.517. The normalized spacial score (nSPS) is 11.3. The fourth-order valence-corrected chi connectivity index (χ4v) is 1.20. The van der Waals surface area contributed by atoms with Crippen molar-refractivity contribution in [3.05, 3.63) is 35.4 Å². The van der Waals surface area contributed by atoms with E-state index in [-0.39, 0.29) is 0 Å². The molecule has 15 heavy (non-hydrogen) atoms. The van der Waals surface area contributed by atoms with E-state index in [2.05, 4.69) is 0 Å². The molecule has 82 valence electrons. The smallest absolute Gasteiger partial charge is 0.368 e. The molecule has 0 aliphatic carbocycles. The minimum Gasteiger partial charge on any atom is -0.368 e. The summed E-state index contributed by atoms with van der Waals surface area (Å²) >= 11 is 5.03. The molecule has 0 amide bonds. The molecule has 1 aromatic rings. The van der Waals surface area contributed by atoms with E-state index in [1.54, 1.807) is 19.0 Å². The third-order valence-electron chi connectivity index (χ3n) is 1.87. The van der Waals surface area contributed by atoms with E-state index >= 15 is 0 Å². The number of alkyl halides is 3. The number of rotatable bonds is 1. The van der Waals surface area contributed by atoms with Gasteiger partial charge in [0.15, 0.2) is 0 Å². The molecule has 0 heterocycles. The van der Waals surface area contributed by atoms with Crippen molar-refractivity contribution in [2.24, 2.45) is 0 Å². The summed E-state index contributed by atoms with van der Waals surface area (Å²) in [6.07, 6.45) is -4.29. The highest BCUT2D eigenvalue weighted by atomic mass is 32.1. The van der Waals surface area contributed by atoms with Gasteiger partial charge in [-0.05, 0) is 12.1 Å². The molecule has 0 radical (unpaired) electrons. The van der Waals surface area contributed by atoms with Crippen molar-refractivity contribution in [1.29, 1.82) is 0 Å². The summed E-state index contributed by atoms with van der Waals surface area (Å²) in [6.45, 7) is 0. The average molecular weight is 233 g/mol. The second-order valence-corrected chi connectivity index (χ2v) is 3.66. The number of nitrogens with zero attached hydrogens (tertiary/aromatic N) is 1. The molecule has 0 saturated heterocycles. The van der Waals surface area contributed by atoms with Gasteiger partial charge in [0.05, 0.1) is 5.56 Å². The molecule has 0 aliphatic rings. The molecular weight excluding hydrogens is 223 g/mol. The van der Waals surface area contributed by atoms with Crippen LogP contribution in [-0.4, -0.2) is 24.0 Å². The molecule has 0 N–H and O–H groups in total. The molecule has 1 aromatic carbocycles.